The van der Waals surface area contributed by atoms with Crippen LogP contribution in [0.4, 0.5) is 5.69 Å². The molecule has 146 valence electrons. The molecule has 0 fully saturated rings. The second-order valence-electron chi connectivity index (χ2n) is 6.64. The summed E-state index contributed by atoms with van der Waals surface area (Å²) in [6.07, 6.45) is 3.92. The number of nitrogens with zero attached hydrogens (tertiary/aromatic N) is 1. The summed E-state index contributed by atoms with van der Waals surface area (Å²) in [5.41, 5.74) is 7.91. The van der Waals surface area contributed by atoms with Crippen molar-refractivity contribution in [3.8, 4) is 0 Å². The zero-order chi connectivity index (χ0) is 19.9. The van der Waals surface area contributed by atoms with Gasteiger partial charge in [-0.15, -0.1) is 0 Å². The van der Waals surface area contributed by atoms with Crippen LogP contribution in [-0.4, -0.2) is 29.9 Å². The van der Waals surface area contributed by atoms with Crippen LogP contribution in [0.25, 0.3) is 10.9 Å². The zero-order valence-electron chi connectivity index (χ0n) is 16.3. The van der Waals surface area contributed by atoms with Gasteiger partial charge in [0.2, 0.25) is 0 Å². The number of aromatic nitrogens is 1. The summed E-state index contributed by atoms with van der Waals surface area (Å²) in [6.45, 7) is 6.22. The average molecular weight is 378 g/mol. The van der Waals surface area contributed by atoms with Crippen molar-refractivity contribution in [3.05, 3.63) is 65.9 Å². The van der Waals surface area contributed by atoms with Crippen LogP contribution in [-0.2, 0) is 0 Å². The number of anilines is 1. The quantitative estimate of drug-likeness (QED) is 0.546. The minimum absolute atomic E-state index is 0.351. The third-order valence-corrected chi connectivity index (χ3v) is 4.78. The van der Waals surface area contributed by atoms with E-state index in [0.717, 1.165) is 42.5 Å². The van der Waals surface area contributed by atoms with Crippen LogP contribution in [0.5, 0.6) is 0 Å². The van der Waals surface area contributed by atoms with Gasteiger partial charge in [-0.25, -0.2) is 0 Å². The summed E-state index contributed by atoms with van der Waals surface area (Å²) in [5, 5.41) is 0.810. The van der Waals surface area contributed by atoms with Gasteiger partial charge in [-0.3, -0.25) is 20.4 Å². The molecule has 2 aromatic carbocycles. The molecule has 0 aliphatic rings. The molecule has 0 aliphatic heterocycles. The Balaban J connectivity index is 1.61. The molecule has 1 aromatic heterocycles. The van der Waals surface area contributed by atoms with Crippen molar-refractivity contribution >= 4 is 28.4 Å². The third kappa shape index (κ3) is 4.34. The van der Waals surface area contributed by atoms with Crippen LogP contribution in [0.3, 0.4) is 0 Å². The number of carbonyl (C=O) groups is 2. The summed E-state index contributed by atoms with van der Waals surface area (Å²) in [6, 6.07) is 15.0. The van der Waals surface area contributed by atoms with Gasteiger partial charge in [0.1, 0.15) is 0 Å². The smallest absolute Gasteiger partial charge is 0.271 e. The fraction of sp³-hybridized carbons (Fsp3) is 0.273. The van der Waals surface area contributed by atoms with Crippen LogP contribution in [0.1, 0.15) is 47.4 Å². The molecule has 3 N–H and O–H groups in total. The number of benzene rings is 2. The summed E-state index contributed by atoms with van der Waals surface area (Å²) >= 11 is 0. The number of hydrogen-bond donors (Lipinski definition) is 3. The number of aromatic amines is 1. The standard InChI is InChI=1S/C22H26N4O2/c1-3-5-14-26(4-2)17-12-10-16(11-13-17)21(27)24-25-22(28)19-15-23-20-9-7-6-8-18(19)20/h6-13,15,23H,3-5,14H2,1-2H3,(H,24,27)(H,25,28). The number of hydrogen-bond acceptors (Lipinski definition) is 3. The summed E-state index contributed by atoms with van der Waals surface area (Å²) in [5.74, 6) is -0.713. The molecule has 0 atom stereocenters. The first-order valence-electron chi connectivity index (χ1n) is 9.65. The maximum atomic E-state index is 12.4. The molecular weight excluding hydrogens is 352 g/mol. The van der Waals surface area contributed by atoms with Crippen molar-refractivity contribution in [2.75, 3.05) is 18.0 Å². The number of fused-ring (bicyclic) bond motifs is 1. The highest BCUT2D eigenvalue weighted by molar-refractivity contribution is 6.07. The fourth-order valence-corrected chi connectivity index (χ4v) is 3.15. The monoisotopic (exact) mass is 378 g/mol. The number of amides is 2. The van der Waals surface area contributed by atoms with Gasteiger partial charge in [-0.05, 0) is 43.7 Å². The molecule has 3 aromatic rings. The number of hydrazine groups is 1. The maximum absolute atomic E-state index is 12.4. The molecule has 6 heteroatoms. The van der Waals surface area contributed by atoms with Crippen molar-refractivity contribution in [2.24, 2.45) is 0 Å². The third-order valence-electron chi connectivity index (χ3n) is 4.78. The fourth-order valence-electron chi connectivity index (χ4n) is 3.15. The van der Waals surface area contributed by atoms with E-state index in [2.05, 4.69) is 34.6 Å². The maximum Gasteiger partial charge on any atom is 0.271 e. The minimum atomic E-state index is -0.362. The lowest BCUT2D eigenvalue weighted by Gasteiger charge is -2.23. The molecule has 6 nitrogen and oxygen atoms in total. The molecule has 0 aliphatic carbocycles. The van der Waals surface area contributed by atoms with E-state index in [0.29, 0.717) is 11.1 Å². The topological polar surface area (TPSA) is 77.2 Å². The minimum Gasteiger partial charge on any atom is -0.372 e. The largest absolute Gasteiger partial charge is 0.372 e. The Kier molecular flexibility index (Phi) is 6.32. The number of para-hydroxylation sites is 1. The predicted octanol–water partition coefficient (Wildman–Crippen LogP) is 3.87. The number of nitrogens with one attached hydrogen (secondary N) is 3. The van der Waals surface area contributed by atoms with Crippen LogP contribution >= 0.6 is 0 Å². The first-order valence-corrected chi connectivity index (χ1v) is 9.65. The summed E-state index contributed by atoms with van der Waals surface area (Å²) in [4.78, 5) is 30.1. The number of rotatable bonds is 7. The number of H-pyrrole nitrogens is 1. The molecule has 0 unspecified atom stereocenters. The Morgan fingerprint density at radius 2 is 1.68 bits per heavy atom. The van der Waals surface area contributed by atoms with Gasteiger partial charge in [0.15, 0.2) is 0 Å². The van der Waals surface area contributed by atoms with Gasteiger partial charge >= 0.3 is 0 Å². The highest BCUT2D eigenvalue weighted by atomic mass is 16.2. The molecule has 0 radical (unpaired) electrons. The molecule has 3 rings (SSSR count). The molecule has 0 spiro atoms. The van der Waals surface area contributed by atoms with E-state index in [1.54, 1.807) is 18.3 Å². The first-order chi connectivity index (χ1) is 13.6. The van der Waals surface area contributed by atoms with E-state index in [4.69, 9.17) is 0 Å². The highest BCUT2D eigenvalue weighted by Gasteiger charge is 2.13. The van der Waals surface area contributed by atoms with E-state index in [-0.39, 0.29) is 11.8 Å². The van der Waals surface area contributed by atoms with Crippen LogP contribution < -0.4 is 15.8 Å². The Labute approximate surface area is 164 Å². The Morgan fingerprint density at radius 3 is 2.39 bits per heavy atom. The van der Waals surface area contributed by atoms with Crippen molar-refractivity contribution in [2.45, 2.75) is 26.7 Å². The molecule has 0 saturated carbocycles. The molecule has 0 bridgehead atoms. The van der Waals surface area contributed by atoms with Gasteiger partial charge in [-0.1, -0.05) is 31.5 Å². The second-order valence-corrected chi connectivity index (χ2v) is 6.64. The van der Waals surface area contributed by atoms with Crippen molar-refractivity contribution in [1.29, 1.82) is 0 Å². The van der Waals surface area contributed by atoms with Gasteiger partial charge in [-0.2, -0.15) is 0 Å². The second kappa shape index (κ2) is 9.08. The Bertz CT molecular complexity index is 947. The predicted molar refractivity (Wildman–Crippen MR) is 112 cm³/mol. The molecule has 1 heterocycles. The molecule has 28 heavy (non-hydrogen) atoms. The van der Waals surface area contributed by atoms with E-state index in [1.165, 1.54) is 0 Å². The normalized spacial score (nSPS) is 10.6. The lowest BCUT2D eigenvalue weighted by molar-refractivity contribution is 0.0847. The van der Waals surface area contributed by atoms with Gasteiger partial charge in [0.25, 0.3) is 11.8 Å². The van der Waals surface area contributed by atoms with Crippen molar-refractivity contribution < 1.29 is 9.59 Å². The Morgan fingerprint density at radius 1 is 0.964 bits per heavy atom. The summed E-state index contributed by atoms with van der Waals surface area (Å²) < 4.78 is 0. The SMILES string of the molecule is CCCCN(CC)c1ccc(C(=O)NNC(=O)c2c[nH]c3ccccc23)cc1. The first kappa shape index (κ1) is 19.5. The van der Waals surface area contributed by atoms with Crippen molar-refractivity contribution in [1.82, 2.24) is 15.8 Å². The van der Waals surface area contributed by atoms with Gasteiger partial charge in [0, 0.05) is 41.4 Å². The lowest BCUT2D eigenvalue weighted by Crippen LogP contribution is -2.41. The van der Waals surface area contributed by atoms with E-state index < -0.39 is 0 Å². The lowest BCUT2D eigenvalue weighted by atomic mass is 10.1. The molecular formula is C22H26N4O2. The number of carbonyl (C=O) groups excluding carboxylic acids is 2. The van der Waals surface area contributed by atoms with Gasteiger partial charge in [0.05, 0.1) is 5.56 Å². The zero-order valence-corrected chi connectivity index (χ0v) is 16.3. The van der Waals surface area contributed by atoms with Gasteiger partial charge < -0.3 is 9.88 Å². The average Bonchev–Trinajstić information content (AvgIpc) is 3.17. The summed E-state index contributed by atoms with van der Waals surface area (Å²) in [7, 11) is 0. The number of unbranched alkanes of at least 4 members (excludes halogenated alkanes) is 1. The van der Waals surface area contributed by atoms with Crippen LogP contribution in [0, 0.1) is 0 Å². The van der Waals surface area contributed by atoms with E-state index in [9.17, 15) is 9.59 Å². The molecule has 0 saturated heterocycles. The molecule has 2 amide bonds. The Hall–Kier alpha value is -3.28. The van der Waals surface area contributed by atoms with Crippen LogP contribution in [0.15, 0.2) is 54.7 Å². The highest BCUT2D eigenvalue weighted by Crippen LogP contribution is 2.18. The van der Waals surface area contributed by atoms with E-state index >= 15 is 0 Å². The van der Waals surface area contributed by atoms with E-state index in [1.807, 2.05) is 36.4 Å². The van der Waals surface area contributed by atoms with Crippen molar-refractivity contribution in [3.63, 3.8) is 0 Å². The van der Waals surface area contributed by atoms with Crippen LogP contribution in [0.2, 0.25) is 0 Å².